The van der Waals surface area contributed by atoms with Crippen molar-refractivity contribution in [2.45, 2.75) is 40.0 Å². The van der Waals surface area contributed by atoms with Gasteiger partial charge in [-0.2, -0.15) is 5.26 Å². The normalized spacial score (nSPS) is 8.62. The first-order valence-corrected chi connectivity index (χ1v) is 5.99. The maximum atomic E-state index is 8.58. The molecule has 0 radical (unpaired) electrons. The van der Waals surface area contributed by atoms with Gasteiger partial charge in [0.2, 0.25) is 0 Å². The molecule has 0 amide bonds. The van der Waals surface area contributed by atoms with Gasteiger partial charge in [-0.1, -0.05) is 33.6 Å². The Morgan fingerprint density at radius 2 is 1.75 bits per heavy atom. The predicted octanol–water partition coefficient (Wildman–Crippen LogP) is 4.15. The quantitative estimate of drug-likeness (QED) is 0.697. The summed E-state index contributed by atoms with van der Waals surface area (Å²) in [5.41, 5.74) is 0.672. The minimum Gasteiger partial charge on any atom is -0.494 e. The zero-order chi connectivity index (χ0) is 12.2. The molecule has 0 N–H and O–H groups in total. The van der Waals surface area contributed by atoms with E-state index in [-0.39, 0.29) is 0 Å². The molecule has 2 nitrogen and oxygen atoms in total. The van der Waals surface area contributed by atoms with Gasteiger partial charge in [0.1, 0.15) is 5.75 Å². The van der Waals surface area contributed by atoms with Crippen molar-refractivity contribution >= 4 is 0 Å². The van der Waals surface area contributed by atoms with Gasteiger partial charge in [-0.3, -0.25) is 0 Å². The number of rotatable bonds is 5. The predicted molar refractivity (Wildman–Crippen MR) is 67.5 cm³/mol. The smallest absolute Gasteiger partial charge is 0.119 e. The highest BCUT2D eigenvalue weighted by atomic mass is 16.5. The molecule has 0 atom stereocenters. The molecule has 0 aromatic heterocycles. The van der Waals surface area contributed by atoms with Gasteiger partial charge in [0, 0.05) is 0 Å². The molecule has 0 aliphatic rings. The summed E-state index contributed by atoms with van der Waals surface area (Å²) in [4.78, 5) is 0. The Bertz CT molecular complexity index is 298. The molecule has 88 valence electrons. The van der Waals surface area contributed by atoms with Crippen LogP contribution in [-0.2, 0) is 0 Å². The summed E-state index contributed by atoms with van der Waals surface area (Å²) in [6.07, 6.45) is 3.50. The molecule has 0 fully saturated rings. The van der Waals surface area contributed by atoms with Gasteiger partial charge in [-0.25, -0.2) is 0 Å². The van der Waals surface area contributed by atoms with E-state index in [1.165, 1.54) is 12.8 Å². The Labute approximate surface area is 98.9 Å². The third-order valence-electron chi connectivity index (χ3n) is 2.00. The van der Waals surface area contributed by atoms with Crippen LogP contribution >= 0.6 is 0 Å². The third kappa shape index (κ3) is 6.08. The van der Waals surface area contributed by atoms with Gasteiger partial charge >= 0.3 is 0 Å². The summed E-state index contributed by atoms with van der Waals surface area (Å²) in [5, 5.41) is 8.58. The Balaban J connectivity index is 0.00000106. The van der Waals surface area contributed by atoms with Crippen LogP contribution in [0.5, 0.6) is 5.75 Å². The van der Waals surface area contributed by atoms with Crippen molar-refractivity contribution in [2.75, 3.05) is 6.61 Å². The van der Waals surface area contributed by atoms with Crippen LogP contribution in [0, 0.1) is 11.3 Å². The molecular weight excluding hydrogens is 198 g/mol. The zero-order valence-electron chi connectivity index (χ0n) is 10.5. The number of benzene rings is 1. The van der Waals surface area contributed by atoms with Crippen molar-refractivity contribution in [1.82, 2.24) is 0 Å². The average molecular weight is 219 g/mol. The molecule has 2 heteroatoms. The first-order chi connectivity index (χ1) is 7.86. The Morgan fingerprint density at radius 1 is 1.12 bits per heavy atom. The lowest BCUT2D eigenvalue weighted by Crippen LogP contribution is -1.96. The minimum absolute atomic E-state index is 0.672. The van der Waals surface area contributed by atoms with Crippen LogP contribution in [0.2, 0.25) is 0 Å². The molecule has 1 aromatic carbocycles. The molecule has 0 unspecified atom stereocenters. The molecule has 0 aliphatic carbocycles. The van der Waals surface area contributed by atoms with Crippen LogP contribution in [0.1, 0.15) is 45.6 Å². The lowest BCUT2D eigenvalue weighted by atomic mass is 10.2. The highest BCUT2D eigenvalue weighted by Gasteiger charge is 1.93. The van der Waals surface area contributed by atoms with E-state index in [1.54, 1.807) is 12.1 Å². The Hall–Kier alpha value is -1.49. The molecule has 1 aromatic rings. The Morgan fingerprint density at radius 3 is 2.25 bits per heavy atom. The largest absolute Gasteiger partial charge is 0.494 e. The number of nitrogens with zero attached hydrogens (tertiary/aromatic N) is 1. The van der Waals surface area contributed by atoms with Crippen LogP contribution in [0.4, 0.5) is 0 Å². The summed E-state index contributed by atoms with van der Waals surface area (Å²) in [6, 6.07) is 9.30. The lowest BCUT2D eigenvalue weighted by Gasteiger charge is -2.04. The SMILES string of the molecule is CC.CCCCCOc1ccc(C#N)cc1. The second-order valence-electron chi connectivity index (χ2n) is 3.19. The fourth-order valence-electron chi connectivity index (χ4n) is 1.17. The maximum absolute atomic E-state index is 8.58. The highest BCUT2D eigenvalue weighted by Crippen LogP contribution is 2.12. The third-order valence-corrected chi connectivity index (χ3v) is 2.00. The number of hydrogen-bond acceptors (Lipinski definition) is 2. The molecule has 0 spiro atoms. The summed E-state index contributed by atoms with van der Waals surface area (Å²) >= 11 is 0. The number of nitriles is 1. The average Bonchev–Trinajstić information content (AvgIpc) is 2.38. The van der Waals surface area contributed by atoms with E-state index in [9.17, 15) is 0 Å². The molecule has 0 aliphatic heterocycles. The van der Waals surface area contributed by atoms with Crippen molar-refractivity contribution in [3.63, 3.8) is 0 Å². The number of unbranched alkanes of at least 4 members (excludes halogenated alkanes) is 2. The summed E-state index contributed by atoms with van der Waals surface area (Å²) < 4.78 is 5.50. The van der Waals surface area contributed by atoms with Gasteiger partial charge in [0.25, 0.3) is 0 Å². The minimum atomic E-state index is 0.672. The highest BCUT2D eigenvalue weighted by molar-refractivity contribution is 5.34. The van der Waals surface area contributed by atoms with E-state index >= 15 is 0 Å². The second-order valence-corrected chi connectivity index (χ2v) is 3.19. The van der Waals surface area contributed by atoms with Crippen LogP contribution in [0.25, 0.3) is 0 Å². The molecule has 16 heavy (non-hydrogen) atoms. The summed E-state index contributed by atoms with van der Waals surface area (Å²) in [7, 11) is 0. The van der Waals surface area contributed by atoms with Crippen LogP contribution in [-0.4, -0.2) is 6.61 Å². The number of hydrogen-bond donors (Lipinski definition) is 0. The van der Waals surface area contributed by atoms with Crippen LogP contribution in [0.15, 0.2) is 24.3 Å². The molecule has 0 bridgehead atoms. The standard InChI is InChI=1S/C12H15NO.C2H6/c1-2-3-4-9-14-12-7-5-11(10-13)6-8-12;1-2/h5-8H,2-4,9H2,1H3;1-2H3. The molecule has 0 heterocycles. The lowest BCUT2D eigenvalue weighted by molar-refractivity contribution is 0.306. The number of ether oxygens (including phenoxy) is 1. The van der Waals surface area contributed by atoms with E-state index in [2.05, 4.69) is 13.0 Å². The summed E-state index contributed by atoms with van der Waals surface area (Å²) in [6.45, 7) is 6.93. The first kappa shape index (κ1) is 14.5. The van der Waals surface area contributed by atoms with Gasteiger partial charge in [0.05, 0.1) is 18.2 Å². The van der Waals surface area contributed by atoms with Crippen molar-refractivity contribution in [3.8, 4) is 11.8 Å². The van der Waals surface area contributed by atoms with Gasteiger partial charge in [-0.15, -0.1) is 0 Å². The van der Waals surface area contributed by atoms with Crippen molar-refractivity contribution in [1.29, 1.82) is 5.26 Å². The van der Waals surface area contributed by atoms with Crippen molar-refractivity contribution in [2.24, 2.45) is 0 Å². The zero-order valence-corrected chi connectivity index (χ0v) is 10.5. The van der Waals surface area contributed by atoms with Crippen LogP contribution < -0.4 is 4.74 Å². The fraction of sp³-hybridized carbons (Fsp3) is 0.500. The fourth-order valence-corrected chi connectivity index (χ4v) is 1.17. The first-order valence-electron chi connectivity index (χ1n) is 5.99. The monoisotopic (exact) mass is 219 g/mol. The maximum Gasteiger partial charge on any atom is 0.119 e. The van der Waals surface area contributed by atoms with E-state index in [4.69, 9.17) is 10.00 Å². The van der Waals surface area contributed by atoms with E-state index in [0.29, 0.717) is 5.56 Å². The molecular formula is C14H21NO. The molecule has 0 saturated heterocycles. The molecule has 0 saturated carbocycles. The van der Waals surface area contributed by atoms with Gasteiger partial charge < -0.3 is 4.74 Å². The Kier molecular flexibility index (Phi) is 9.11. The van der Waals surface area contributed by atoms with Gasteiger partial charge in [-0.05, 0) is 30.7 Å². The van der Waals surface area contributed by atoms with Crippen molar-refractivity contribution < 1.29 is 4.74 Å². The van der Waals surface area contributed by atoms with Crippen LogP contribution in [0.3, 0.4) is 0 Å². The van der Waals surface area contributed by atoms with E-state index in [0.717, 1.165) is 18.8 Å². The second kappa shape index (κ2) is 10.0. The van der Waals surface area contributed by atoms with E-state index in [1.807, 2.05) is 26.0 Å². The summed E-state index contributed by atoms with van der Waals surface area (Å²) in [5.74, 6) is 0.847. The van der Waals surface area contributed by atoms with Gasteiger partial charge in [0.15, 0.2) is 0 Å². The topological polar surface area (TPSA) is 33.0 Å². The van der Waals surface area contributed by atoms with Crippen molar-refractivity contribution in [3.05, 3.63) is 29.8 Å². The van der Waals surface area contributed by atoms with E-state index < -0.39 is 0 Å². The molecule has 1 rings (SSSR count).